The van der Waals surface area contributed by atoms with E-state index in [1.807, 2.05) is 0 Å². The van der Waals surface area contributed by atoms with Gasteiger partial charge in [0.25, 0.3) is 0 Å². The molecule has 0 aromatic rings. The van der Waals surface area contributed by atoms with Crippen molar-refractivity contribution in [3.05, 3.63) is 0 Å². The molecule has 0 amide bonds. The van der Waals surface area contributed by atoms with E-state index in [9.17, 15) is 0 Å². The maximum Gasteiger partial charge on any atom is 0.457 e. The molecule has 4 rings (SSSR count). The standard InChI is InChI=1S/C12H21BO2/c1-5-13-14-10-7-8-6-9(11(8,2)3)12(10,4)15-13/h8-10H,5-7H2,1-4H3/t8-,9-,10+,12-/m1/s1. The van der Waals surface area contributed by atoms with E-state index in [0.717, 1.165) is 12.2 Å². The van der Waals surface area contributed by atoms with Gasteiger partial charge in [-0.3, -0.25) is 0 Å². The molecule has 0 unspecified atom stereocenters. The lowest BCUT2D eigenvalue weighted by Crippen LogP contribution is -2.65. The molecule has 15 heavy (non-hydrogen) atoms. The summed E-state index contributed by atoms with van der Waals surface area (Å²) in [4.78, 5) is 0. The van der Waals surface area contributed by atoms with Crippen LogP contribution in [0, 0.1) is 17.3 Å². The van der Waals surface area contributed by atoms with Gasteiger partial charge in [0.05, 0.1) is 11.7 Å². The molecule has 3 saturated carbocycles. The Kier molecular flexibility index (Phi) is 1.90. The van der Waals surface area contributed by atoms with Crippen LogP contribution in [0.4, 0.5) is 0 Å². The Labute approximate surface area is 92.9 Å². The van der Waals surface area contributed by atoms with Crippen LogP contribution >= 0.6 is 0 Å². The summed E-state index contributed by atoms with van der Waals surface area (Å²) in [6.07, 6.45) is 3.89. The highest BCUT2D eigenvalue weighted by atomic mass is 16.7. The second-order valence-corrected chi connectivity index (χ2v) is 6.31. The fourth-order valence-electron chi connectivity index (χ4n) is 4.13. The van der Waals surface area contributed by atoms with Gasteiger partial charge in [-0.1, -0.05) is 20.8 Å². The third-order valence-corrected chi connectivity index (χ3v) is 5.34. The maximum absolute atomic E-state index is 6.17. The quantitative estimate of drug-likeness (QED) is 0.617. The summed E-state index contributed by atoms with van der Waals surface area (Å²) >= 11 is 0. The highest BCUT2D eigenvalue weighted by molar-refractivity contribution is 6.45. The molecule has 3 aliphatic carbocycles. The number of hydrogen-bond acceptors (Lipinski definition) is 2. The van der Waals surface area contributed by atoms with E-state index >= 15 is 0 Å². The third-order valence-electron chi connectivity index (χ3n) is 5.34. The van der Waals surface area contributed by atoms with Crippen LogP contribution in [-0.2, 0) is 9.31 Å². The van der Waals surface area contributed by atoms with Crippen LogP contribution in [0.5, 0.6) is 0 Å². The second-order valence-electron chi connectivity index (χ2n) is 6.31. The Hall–Kier alpha value is -0.0151. The lowest BCUT2D eigenvalue weighted by atomic mass is 9.43. The lowest BCUT2D eigenvalue weighted by molar-refractivity contribution is -0.199. The topological polar surface area (TPSA) is 18.5 Å². The smallest absolute Gasteiger partial charge is 0.405 e. The monoisotopic (exact) mass is 208 g/mol. The molecule has 4 fully saturated rings. The Morgan fingerprint density at radius 3 is 2.60 bits per heavy atom. The molecule has 1 aliphatic heterocycles. The van der Waals surface area contributed by atoms with Crippen LogP contribution < -0.4 is 0 Å². The molecule has 2 nitrogen and oxygen atoms in total. The first-order chi connectivity index (χ1) is 6.98. The molecule has 3 heteroatoms. The van der Waals surface area contributed by atoms with E-state index in [-0.39, 0.29) is 12.7 Å². The molecular formula is C12H21BO2. The lowest BCUT2D eigenvalue weighted by Gasteiger charge is -2.64. The average Bonchev–Trinajstić information content (AvgIpc) is 2.53. The predicted octanol–water partition coefficient (Wildman–Crippen LogP) is 2.73. The Morgan fingerprint density at radius 1 is 1.27 bits per heavy atom. The van der Waals surface area contributed by atoms with Crippen LogP contribution in [0.2, 0.25) is 6.32 Å². The average molecular weight is 208 g/mol. The van der Waals surface area contributed by atoms with Crippen LogP contribution in [0.15, 0.2) is 0 Å². The molecule has 0 radical (unpaired) electrons. The molecule has 4 atom stereocenters. The fourth-order valence-corrected chi connectivity index (χ4v) is 4.13. The first kappa shape index (κ1) is 10.2. The normalized spacial score (nSPS) is 51.2. The largest absolute Gasteiger partial charge is 0.457 e. The Bertz CT molecular complexity index is 291. The van der Waals surface area contributed by atoms with Crippen molar-refractivity contribution < 1.29 is 9.31 Å². The fraction of sp³-hybridized carbons (Fsp3) is 1.00. The van der Waals surface area contributed by atoms with E-state index in [2.05, 4.69) is 27.7 Å². The van der Waals surface area contributed by atoms with E-state index in [4.69, 9.17) is 9.31 Å². The maximum atomic E-state index is 6.17. The zero-order valence-electron chi connectivity index (χ0n) is 10.2. The van der Waals surface area contributed by atoms with Crippen molar-refractivity contribution in [2.45, 2.75) is 58.6 Å². The minimum absolute atomic E-state index is 0.00106. The molecule has 0 aromatic carbocycles. The molecule has 84 valence electrons. The summed E-state index contributed by atoms with van der Waals surface area (Å²) in [6, 6.07) is 0. The van der Waals surface area contributed by atoms with Crippen molar-refractivity contribution in [2.24, 2.45) is 17.3 Å². The first-order valence-electron chi connectivity index (χ1n) is 6.31. The molecule has 0 spiro atoms. The minimum Gasteiger partial charge on any atom is -0.405 e. The van der Waals surface area contributed by atoms with Crippen molar-refractivity contribution in [1.82, 2.24) is 0 Å². The Morgan fingerprint density at radius 2 is 2.00 bits per heavy atom. The van der Waals surface area contributed by atoms with Crippen LogP contribution in [-0.4, -0.2) is 18.8 Å². The van der Waals surface area contributed by atoms with Gasteiger partial charge in [-0.25, -0.2) is 0 Å². The number of rotatable bonds is 1. The summed E-state index contributed by atoms with van der Waals surface area (Å²) in [6.45, 7) is 9.21. The van der Waals surface area contributed by atoms with Crippen molar-refractivity contribution in [2.75, 3.05) is 0 Å². The summed E-state index contributed by atoms with van der Waals surface area (Å²) in [7, 11) is 0.0511. The van der Waals surface area contributed by atoms with E-state index in [0.29, 0.717) is 17.4 Å². The van der Waals surface area contributed by atoms with Crippen LogP contribution in [0.3, 0.4) is 0 Å². The molecular weight excluding hydrogens is 187 g/mol. The predicted molar refractivity (Wildman–Crippen MR) is 60.6 cm³/mol. The van der Waals surface area contributed by atoms with Gasteiger partial charge in [0.1, 0.15) is 0 Å². The Balaban J connectivity index is 1.89. The van der Waals surface area contributed by atoms with Crippen LogP contribution in [0.1, 0.15) is 40.5 Å². The molecule has 2 bridgehead atoms. The molecule has 1 saturated heterocycles. The minimum atomic E-state index is -0.00106. The molecule has 0 aromatic heterocycles. The van der Waals surface area contributed by atoms with Gasteiger partial charge < -0.3 is 9.31 Å². The summed E-state index contributed by atoms with van der Waals surface area (Å²) < 4.78 is 12.2. The first-order valence-corrected chi connectivity index (χ1v) is 6.31. The highest BCUT2D eigenvalue weighted by Crippen LogP contribution is 2.65. The summed E-state index contributed by atoms with van der Waals surface area (Å²) in [5.41, 5.74) is 0.468. The number of hydrogen-bond donors (Lipinski definition) is 0. The zero-order chi connectivity index (χ0) is 10.8. The van der Waals surface area contributed by atoms with Gasteiger partial charge in [-0.15, -0.1) is 0 Å². The molecule has 4 aliphatic rings. The van der Waals surface area contributed by atoms with Gasteiger partial charge >= 0.3 is 7.12 Å². The van der Waals surface area contributed by atoms with E-state index in [1.54, 1.807) is 0 Å². The van der Waals surface area contributed by atoms with Crippen molar-refractivity contribution >= 4 is 7.12 Å². The van der Waals surface area contributed by atoms with Gasteiger partial charge in [-0.05, 0) is 43.3 Å². The van der Waals surface area contributed by atoms with Crippen molar-refractivity contribution in [3.63, 3.8) is 0 Å². The van der Waals surface area contributed by atoms with Gasteiger partial charge in [-0.2, -0.15) is 0 Å². The van der Waals surface area contributed by atoms with Gasteiger partial charge in [0.2, 0.25) is 0 Å². The van der Waals surface area contributed by atoms with Crippen molar-refractivity contribution in [1.29, 1.82) is 0 Å². The SMILES string of the molecule is CCB1O[C@H]2C[C@H]3C[C@H](C3(C)C)[C@@]2(C)O1. The molecule has 1 heterocycles. The summed E-state index contributed by atoms with van der Waals surface area (Å²) in [5, 5.41) is 0. The second kappa shape index (κ2) is 2.81. The van der Waals surface area contributed by atoms with Gasteiger partial charge in [0, 0.05) is 0 Å². The van der Waals surface area contributed by atoms with Crippen molar-refractivity contribution in [3.8, 4) is 0 Å². The van der Waals surface area contributed by atoms with Gasteiger partial charge in [0.15, 0.2) is 0 Å². The third kappa shape index (κ3) is 1.09. The summed E-state index contributed by atoms with van der Waals surface area (Å²) in [5.74, 6) is 1.56. The highest BCUT2D eigenvalue weighted by Gasteiger charge is 2.67. The van der Waals surface area contributed by atoms with E-state index in [1.165, 1.54) is 12.8 Å². The zero-order valence-corrected chi connectivity index (χ0v) is 10.2. The van der Waals surface area contributed by atoms with E-state index < -0.39 is 0 Å². The molecule has 0 N–H and O–H groups in total. The van der Waals surface area contributed by atoms with Crippen LogP contribution in [0.25, 0.3) is 0 Å².